The van der Waals surface area contributed by atoms with Crippen molar-refractivity contribution in [3.05, 3.63) is 68.4 Å². The van der Waals surface area contributed by atoms with E-state index in [1.807, 2.05) is 77.9 Å². The Kier molecular flexibility index (Phi) is 10.8. The van der Waals surface area contributed by atoms with Gasteiger partial charge in [-0.05, 0) is 61.4 Å². The number of rotatable bonds is 4. The Bertz CT molecular complexity index is 1880. The Labute approximate surface area is 289 Å². The lowest BCUT2D eigenvalue weighted by Gasteiger charge is -2.05. The van der Waals surface area contributed by atoms with Crippen LogP contribution in [-0.4, -0.2) is 35.0 Å². The van der Waals surface area contributed by atoms with Gasteiger partial charge in [0.25, 0.3) is 11.6 Å². The number of ketones is 4. The smallest absolute Gasteiger partial charge is 0.287 e. The molecule has 0 radical (unpaired) electrons. The van der Waals surface area contributed by atoms with Crippen molar-refractivity contribution in [1.29, 1.82) is 0 Å². The predicted molar refractivity (Wildman–Crippen MR) is 188 cm³/mol. The van der Waals surface area contributed by atoms with Crippen molar-refractivity contribution in [1.82, 2.24) is 0 Å². The molecule has 0 N–H and O–H groups in total. The Morgan fingerprint density at radius 3 is 0.936 bits per heavy atom. The Morgan fingerprint density at radius 1 is 0.404 bits per heavy atom. The first-order valence-corrected chi connectivity index (χ1v) is 18.9. The van der Waals surface area contributed by atoms with Crippen LogP contribution in [-0.2, 0) is 0 Å². The second-order valence-corrected chi connectivity index (χ2v) is 14.8. The lowest BCUT2D eigenvalue weighted by molar-refractivity contribution is 0.0187. The summed E-state index contributed by atoms with van der Waals surface area (Å²) in [6.45, 7) is 15.2. The standard InChI is InChI=1S/C28H12F4O4S5.3C2H6/c1-9-17-21(25(35)27(29,30)23(17)33)40-19(9)15-7-5-13(38-15)11-3-4-12(37-11)14-6-8-16(39-14)20-10(2)18-22(41-20)26(36)28(31,32)24(18)34;3*1-2/h3-8H,1-2H3;3*1-2H3. The van der Waals surface area contributed by atoms with Gasteiger partial charge in [0.05, 0.1) is 9.75 Å². The maximum Gasteiger partial charge on any atom is 0.372 e. The Hall–Kier alpha value is -3.10. The van der Waals surface area contributed by atoms with Gasteiger partial charge in [0, 0.05) is 50.1 Å². The number of alkyl halides is 4. The third-order valence-electron chi connectivity index (χ3n) is 7.05. The lowest BCUT2D eigenvalue weighted by atomic mass is 10.1. The summed E-state index contributed by atoms with van der Waals surface area (Å²) in [5, 5.41) is 0. The number of thiophene rings is 5. The van der Waals surface area contributed by atoms with E-state index >= 15 is 0 Å². The number of hydrogen-bond donors (Lipinski definition) is 0. The van der Waals surface area contributed by atoms with Gasteiger partial charge in [-0.1, -0.05) is 41.5 Å². The molecule has 0 aliphatic heterocycles. The highest BCUT2D eigenvalue weighted by atomic mass is 32.1. The van der Waals surface area contributed by atoms with Gasteiger partial charge in [-0.15, -0.1) is 56.7 Å². The van der Waals surface area contributed by atoms with Gasteiger partial charge < -0.3 is 0 Å². The lowest BCUT2D eigenvalue weighted by Crippen LogP contribution is -2.30. The van der Waals surface area contributed by atoms with Crippen LogP contribution in [0.15, 0.2) is 36.4 Å². The molecule has 5 aromatic heterocycles. The summed E-state index contributed by atoms with van der Waals surface area (Å²) < 4.78 is 55.6. The molecule has 2 aliphatic carbocycles. The maximum atomic E-state index is 13.9. The Balaban J connectivity index is 0.000000790. The highest BCUT2D eigenvalue weighted by Gasteiger charge is 2.58. The molecular weight excluding hydrogens is 709 g/mol. The fourth-order valence-electron chi connectivity index (χ4n) is 4.96. The minimum absolute atomic E-state index is 0.185. The number of Topliss-reactive ketones (excluding diaryl/α,β-unsaturated/α-hetero) is 4. The van der Waals surface area contributed by atoms with E-state index < -0.39 is 35.0 Å². The number of carbonyl (C=O) groups is 4. The molecule has 2 aliphatic rings. The average Bonchev–Trinajstić information content (AvgIpc) is 3.93. The molecule has 0 unspecified atom stereocenters. The minimum atomic E-state index is -3.99. The summed E-state index contributed by atoms with van der Waals surface area (Å²) in [7, 11) is 0. The van der Waals surface area contributed by atoms with Crippen molar-refractivity contribution in [2.24, 2.45) is 0 Å². The van der Waals surface area contributed by atoms with Gasteiger partial charge in [0.15, 0.2) is 0 Å². The van der Waals surface area contributed by atoms with Gasteiger partial charge in [0.1, 0.15) is 0 Å². The highest BCUT2D eigenvalue weighted by Crippen LogP contribution is 2.50. The van der Waals surface area contributed by atoms with Gasteiger partial charge in [-0.3, -0.25) is 19.2 Å². The van der Waals surface area contributed by atoms with E-state index in [1.165, 1.54) is 34.0 Å². The molecule has 0 saturated carbocycles. The zero-order valence-electron chi connectivity index (χ0n) is 26.7. The summed E-state index contributed by atoms with van der Waals surface area (Å²) in [4.78, 5) is 54.6. The summed E-state index contributed by atoms with van der Waals surface area (Å²) in [6.07, 6.45) is 0. The fraction of sp³-hybridized carbons (Fsp3) is 0.294. The third kappa shape index (κ3) is 5.73. The van der Waals surface area contributed by atoms with E-state index in [0.29, 0.717) is 20.9 Å². The topological polar surface area (TPSA) is 68.3 Å². The molecule has 0 atom stereocenters. The summed E-state index contributed by atoms with van der Waals surface area (Å²) in [5.74, 6) is -13.7. The van der Waals surface area contributed by atoms with E-state index in [4.69, 9.17) is 0 Å². The first-order chi connectivity index (χ1) is 22.3. The van der Waals surface area contributed by atoms with Crippen molar-refractivity contribution in [3.63, 3.8) is 0 Å². The first kappa shape index (κ1) is 36.7. The molecule has 5 aromatic rings. The van der Waals surface area contributed by atoms with Crippen LogP contribution < -0.4 is 0 Å². The largest absolute Gasteiger partial charge is 0.372 e. The van der Waals surface area contributed by atoms with Crippen molar-refractivity contribution >= 4 is 79.8 Å². The fourth-order valence-corrected chi connectivity index (χ4v) is 11.0. The second-order valence-electron chi connectivity index (χ2n) is 9.48. The van der Waals surface area contributed by atoms with Crippen LogP contribution in [0, 0.1) is 13.8 Å². The van der Waals surface area contributed by atoms with Crippen molar-refractivity contribution in [2.45, 2.75) is 67.2 Å². The molecule has 4 nitrogen and oxygen atoms in total. The molecule has 5 heterocycles. The van der Waals surface area contributed by atoms with Crippen LogP contribution in [0.3, 0.4) is 0 Å². The van der Waals surface area contributed by atoms with Crippen LogP contribution in [0.4, 0.5) is 17.6 Å². The molecule has 47 heavy (non-hydrogen) atoms. The molecule has 13 heteroatoms. The zero-order valence-corrected chi connectivity index (χ0v) is 30.7. The SMILES string of the molecule is CC.CC.CC.Cc1c(-c2ccc(-c3ccc(-c4ccc(-c5sc6c(c5C)C(=O)C(F)(F)C6=O)s4)s3)s2)sc2c1C(=O)C(F)(F)C2=O. The van der Waals surface area contributed by atoms with E-state index in [-0.39, 0.29) is 20.9 Å². The monoisotopic (exact) mass is 738 g/mol. The molecule has 0 amide bonds. The quantitative estimate of drug-likeness (QED) is 0.136. The van der Waals surface area contributed by atoms with Gasteiger partial charge in [-0.2, -0.15) is 17.6 Å². The van der Waals surface area contributed by atoms with E-state index in [9.17, 15) is 36.7 Å². The molecule has 248 valence electrons. The second kappa shape index (κ2) is 13.8. The molecule has 0 fully saturated rings. The van der Waals surface area contributed by atoms with Gasteiger partial charge >= 0.3 is 11.8 Å². The van der Waals surface area contributed by atoms with Crippen molar-refractivity contribution < 1.29 is 36.7 Å². The van der Waals surface area contributed by atoms with E-state index in [1.54, 1.807) is 13.8 Å². The molecule has 0 aromatic carbocycles. The van der Waals surface area contributed by atoms with Gasteiger partial charge in [0.2, 0.25) is 11.6 Å². The average molecular weight is 739 g/mol. The minimum Gasteiger partial charge on any atom is -0.287 e. The summed E-state index contributed by atoms with van der Waals surface area (Å²) in [6, 6.07) is 11.4. The Morgan fingerprint density at radius 2 is 0.660 bits per heavy atom. The predicted octanol–water partition coefficient (Wildman–Crippen LogP) is 12.4. The molecule has 0 bridgehead atoms. The molecule has 7 rings (SSSR count). The molecular formula is C34H30F4O4S5. The summed E-state index contributed by atoms with van der Waals surface area (Å²) >= 11 is 6.22. The van der Waals surface area contributed by atoms with Crippen LogP contribution in [0.25, 0.3) is 39.0 Å². The first-order valence-electron chi connectivity index (χ1n) is 14.8. The van der Waals surface area contributed by atoms with Crippen LogP contribution in [0.2, 0.25) is 0 Å². The third-order valence-corrected chi connectivity index (χ3v) is 13.6. The van der Waals surface area contributed by atoms with E-state index in [0.717, 1.165) is 51.9 Å². The van der Waals surface area contributed by atoms with Crippen LogP contribution >= 0.6 is 56.7 Å². The van der Waals surface area contributed by atoms with E-state index in [2.05, 4.69) is 0 Å². The summed E-state index contributed by atoms with van der Waals surface area (Å²) in [5.41, 5.74) is 0.397. The molecule has 0 spiro atoms. The zero-order chi connectivity index (χ0) is 35.2. The number of fused-ring (bicyclic) bond motifs is 2. The van der Waals surface area contributed by atoms with Crippen molar-refractivity contribution in [3.8, 4) is 39.0 Å². The van der Waals surface area contributed by atoms with Gasteiger partial charge in [-0.25, -0.2) is 0 Å². The van der Waals surface area contributed by atoms with Crippen LogP contribution in [0.5, 0.6) is 0 Å². The highest BCUT2D eigenvalue weighted by molar-refractivity contribution is 7.30. The van der Waals surface area contributed by atoms with Crippen molar-refractivity contribution in [2.75, 3.05) is 0 Å². The maximum absolute atomic E-state index is 13.9. The molecule has 0 saturated heterocycles. The normalized spacial score (nSPS) is 15.3. The van der Waals surface area contributed by atoms with Crippen LogP contribution in [0.1, 0.15) is 92.7 Å². The number of halogens is 4. The number of carbonyl (C=O) groups excluding carboxylic acids is 4. The number of hydrogen-bond acceptors (Lipinski definition) is 9.